The lowest BCUT2D eigenvalue weighted by Crippen LogP contribution is -2.18. The van der Waals surface area contributed by atoms with Gasteiger partial charge in [-0.1, -0.05) is 60.7 Å². The Kier molecular flexibility index (Phi) is 6.84. The second-order valence-electron chi connectivity index (χ2n) is 6.69. The summed E-state index contributed by atoms with van der Waals surface area (Å²) < 4.78 is 0. The normalized spacial score (nSPS) is 11.0. The van der Waals surface area contributed by atoms with Crippen molar-refractivity contribution in [2.24, 2.45) is 10.2 Å². The lowest BCUT2D eigenvalue weighted by atomic mass is 10.1. The number of carbonyl (C=O) groups excluding carboxylic acids is 2. The molecule has 0 spiro atoms. The maximum Gasteiger partial charge on any atom is 0.271 e. The zero-order valence-corrected chi connectivity index (χ0v) is 16.8. The van der Waals surface area contributed by atoms with E-state index in [1.165, 1.54) is 0 Å². The minimum Gasteiger partial charge on any atom is -0.267 e. The molecule has 150 valence electrons. The highest BCUT2D eigenvalue weighted by Crippen LogP contribution is 2.07. The Balaban J connectivity index is 1.53. The molecule has 2 N–H and O–H groups in total. The molecule has 2 amide bonds. The maximum absolute atomic E-state index is 12.1. The molecule has 0 unspecified atom stereocenters. The fraction of sp³-hybridized carbons (Fsp3) is 0.0833. The van der Waals surface area contributed by atoms with E-state index in [0.717, 1.165) is 22.3 Å². The monoisotopic (exact) mass is 398 g/mol. The van der Waals surface area contributed by atoms with Crippen molar-refractivity contribution in [1.82, 2.24) is 10.9 Å². The highest BCUT2D eigenvalue weighted by atomic mass is 16.2. The van der Waals surface area contributed by atoms with Crippen LogP contribution in [0.1, 0.15) is 43.0 Å². The summed E-state index contributed by atoms with van der Waals surface area (Å²) in [5.41, 5.74) is 9.66. The van der Waals surface area contributed by atoms with Crippen LogP contribution in [0.25, 0.3) is 0 Å². The molecule has 30 heavy (non-hydrogen) atoms. The van der Waals surface area contributed by atoms with Crippen LogP contribution in [0.5, 0.6) is 0 Å². The summed E-state index contributed by atoms with van der Waals surface area (Å²) >= 11 is 0. The zero-order chi connectivity index (χ0) is 21.3. The van der Waals surface area contributed by atoms with Crippen LogP contribution >= 0.6 is 0 Å². The third-order valence-corrected chi connectivity index (χ3v) is 4.48. The number of hydrazone groups is 2. The van der Waals surface area contributed by atoms with Crippen LogP contribution in [0.4, 0.5) is 0 Å². The van der Waals surface area contributed by atoms with Gasteiger partial charge in [-0.15, -0.1) is 0 Å². The molecule has 0 radical (unpaired) electrons. The number of benzene rings is 3. The molecule has 0 fully saturated rings. The van der Waals surface area contributed by atoms with Crippen molar-refractivity contribution in [3.63, 3.8) is 0 Å². The van der Waals surface area contributed by atoms with E-state index >= 15 is 0 Å². The summed E-state index contributed by atoms with van der Waals surface area (Å²) in [4.78, 5) is 24.3. The number of carbonyl (C=O) groups is 2. The van der Waals surface area contributed by atoms with Gasteiger partial charge in [0.2, 0.25) is 0 Å². The first-order valence-electron chi connectivity index (χ1n) is 9.43. The van der Waals surface area contributed by atoms with Crippen molar-refractivity contribution in [2.45, 2.75) is 13.8 Å². The van der Waals surface area contributed by atoms with Crippen molar-refractivity contribution in [1.29, 1.82) is 0 Å². The van der Waals surface area contributed by atoms with E-state index in [1.54, 1.807) is 24.6 Å². The third-order valence-electron chi connectivity index (χ3n) is 4.48. The second-order valence-corrected chi connectivity index (χ2v) is 6.69. The molecule has 0 saturated carbocycles. The molecule has 0 heterocycles. The zero-order valence-electron chi connectivity index (χ0n) is 16.8. The van der Waals surface area contributed by atoms with Crippen LogP contribution in [0.3, 0.4) is 0 Å². The first-order chi connectivity index (χ1) is 14.5. The average molecular weight is 398 g/mol. The first-order valence-corrected chi connectivity index (χ1v) is 9.43. The molecule has 6 heteroatoms. The Morgan fingerprint density at radius 1 is 0.633 bits per heavy atom. The van der Waals surface area contributed by atoms with Crippen LogP contribution in [0.2, 0.25) is 0 Å². The fourth-order valence-corrected chi connectivity index (χ4v) is 2.77. The molecule has 0 atom stereocenters. The summed E-state index contributed by atoms with van der Waals surface area (Å²) in [6.45, 7) is 3.75. The summed E-state index contributed by atoms with van der Waals surface area (Å²) in [6.07, 6.45) is 3.13. The summed E-state index contributed by atoms with van der Waals surface area (Å²) in [5.74, 6) is -0.505. The summed E-state index contributed by atoms with van der Waals surface area (Å²) in [7, 11) is 0. The third kappa shape index (κ3) is 5.48. The van der Waals surface area contributed by atoms with Gasteiger partial charge in [0.05, 0.1) is 12.4 Å². The predicted molar refractivity (Wildman–Crippen MR) is 119 cm³/mol. The standard InChI is InChI=1S/C24H22N4O2/c1-17-7-3-5-9-21(17)23(29)27-25-15-19-11-13-20(14-12-19)16-26-28-24(30)22-10-6-4-8-18(22)2/h3-16H,1-2H3,(H,27,29)(H,28,30)/b25-15+,26-16+. The Hall–Kier alpha value is -4.06. The van der Waals surface area contributed by atoms with Crippen LogP contribution in [-0.4, -0.2) is 24.2 Å². The highest BCUT2D eigenvalue weighted by Gasteiger charge is 2.07. The lowest BCUT2D eigenvalue weighted by molar-refractivity contribution is 0.0946. The van der Waals surface area contributed by atoms with Crippen LogP contribution < -0.4 is 10.9 Å². The quantitative estimate of drug-likeness (QED) is 0.489. The van der Waals surface area contributed by atoms with Crippen molar-refractivity contribution in [3.8, 4) is 0 Å². The number of aryl methyl sites for hydroxylation is 2. The largest absolute Gasteiger partial charge is 0.271 e. The van der Waals surface area contributed by atoms with Gasteiger partial charge in [0.25, 0.3) is 11.8 Å². The van der Waals surface area contributed by atoms with Crippen molar-refractivity contribution in [2.75, 3.05) is 0 Å². The SMILES string of the molecule is Cc1ccccc1C(=O)N/N=C/c1ccc(/C=N/NC(=O)c2ccccc2C)cc1. The molecular weight excluding hydrogens is 376 g/mol. The summed E-state index contributed by atoms with van der Waals surface area (Å²) in [6, 6.07) is 22.0. The topological polar surface area (TPSA) is 82.9 Å². The van der Waals surface area contributed by atoms with Crippen molar-refractivity contribution in [3.05, 3.63) is 106 Å². The smallest absolute Gasteiger partial charge is 0.267 e. The lowest BCUT2D eigenvalue weighted by Gasteiger charge is -2.03. The number of hydrogen-bond donors (Lipinski definition) is 2. The molecular formula is C24H22N4O2. The Morgan fingerprint density at radius 2 is 1.00 bits per heavy atom. The van der Waals surface area contributed by atoms with E-state index in [1.807, 2.05) is 74.5 Å². The van der Waals surface area contributed by atoms with Gasteiger partial charge in [-0.2, -0.15) is 10.2 Å². The minimum absolute atomic E-state index is 0.252. The molecule has 0 bridgehead atoms. The van der Waals surface area contributed by atoms with E-state index < -0.39 is 0 Å². The van der Waals surface area contributed by atoms with Gasteiger partial charge in [0, 0.05) is 11.1 Å². The van der Waals surface area contributed by atoms with E-state index in [2.05, 4.69) is 21.1 Å². The van der Waals surface area contributed by atoms with Gasteiger partial charge >= 0.3 is 0 Å². The van der Waals surface area contributed by atoms with Gasteiger partial charge in [0.15, 0.2) is 0 Å². The average Bonchev–Trinajstić information content (AvgIpc) is 2.75. The summed E-state index contributed by atoms with van der Waals surface area (Å²) in [5, 5.41) is 8.00. The fourth-order valence-electron chi connectivity index (χ4n) is 2.77. The molecule has 6 nitrogen and oxygen atoms in total. The number of hydrogen-bond acceptors (Lipinski definition) is 4. The van der Waals surface area contributed by atoms with Crippen molar-refractivity contribution < 1.29 is 9.59 Å². The predicted octanol–water partition coefficient (Wildman–Crippen LogP) is 3.83. The Bertz CT molecular complexity index is 1010. The van der Waals surface area contributed by atoms with E-state index in [-0.39, 0.29) is 11.8 Å². The molecule has 0 saturated heterocycles. The number of rotatable bonds is 6. The van der Waals surface area contributed by atoms with Gasteiger partial charge in [-0.05, 0) is 48.2 Å². The number of nitrogens with zero attached hydrogens (tertiary/aromatic N) is 2. The van der Waals surface area contributed by atoms with Crippen LogP contribution in [-0.2, 0) is 0 Å². The Morgan fingerprint density at radius 3 is 1.37 bits per heavy atom. The molecule has 3 aromatic rings. The first kappa shape index (κ1) is 20.7. The van der Waals surface area contributed by atoms with Gasteiger partial charge in [0.1, 0.15) is 0 Å². The Labute approximate surface area is 175 Å². The van der Waals surface area contributed by atoms with E-state index in [4.69, 9.17) is 0 Å². The van der Waals surface area contributed by atoms with Gasteiger partial charge in [-0.3, -0.25) is 9.59 Å². The molecule has 3 aromatic carbocycles. The number of amides is 2. The van der Waals surface area contributed by atoms with Crippen LogP contribution in [0, 0.1) is 13.8 Å². The van der Waals surface area contributed by atoms with Crippen molar-refractivity contribution >= 4 is 24.2 Å². The minimum atomic E-state index is -0.252. The maximum atomic E-state index is 12.1. The molecule has 0 aromatic heterocycles. The van der Waals surface area contributed by atoms with Gasteiger partial charge in [-0.25, -0.2) is 10.9 Å². The van der Waals surface area contributed by atoms with E-state index in [0.29, 0.717) is 11.1 Å². The second kappa shape index (κ2) is 9.93. The van der Waals surface area contributed by atoms with Gasteiger partial charge < -0.3 is 0 Å². The molecule has 0 aliphatic rings. The molecule has 0 aliphatic heterocycles. The number of nitrogens with one attached hydrogen (secondary N) is 2. The van der Waals surface area contributed by atoms with Crippen LogP contribution in [0.15, 0.2) is 83.0 Å². The molecule has 0 aliphatic carbocycles. The highest BCUT2D eigenvalue weighted by molar-refractivity contribution is 5.97. The van der Waals surface area contributed by atoms with E-state index in [9.17, 15) is 9.59 Å². The molecule has 3 rings (SSSR count).